The van der Waals surface area contributed by atoms with Gasteiger partial charge in [-0.25, -0.2) is 4.98 Å². The molecule has 0 spiro atoms. The molecule has 2 N–H and O–H groups in total. The lowest BCUT2D eigenvalue weighted by Gasteiger charge is -2.03. The van der Waals surface area contributed by atoms with Gasteiger partial charge >= 0.3 is 0 Å². The van der Waals surface area contributed by atoms with Crippen molar-refractivity contribution in [2.45, 2.75) is 0 Å². The Labute approximate surface area is 114 Å². The van der Waals surface area contributed by atoms with Crippen LogP contribution in [0.2, 0.25) is 5.02 Å². The van der Waals surface area contributed by atoms with Gasteiger partial charge in [0.2, 0.25) is 0 Å². The van der Waals surface area contributed by atoms with Crippen molar-refractivity contribution in [2.75, 3.05) is 5.32 Å². The van der Waals surface area contributed by atoms with Crippen molar-refractivity contribution >= 4 is 34.2 Å². The Bertz CT molecular complexity index is 751. The van der Waals surface area contributed by atoms with Gasteiger partial charge in [0.05, 0.1) is 5.56 Å². The minimum atomic E-state index is -0.216. The van der Waals surface area contributed by atoms with Gasteiger partial charge in [-0.15, -0.1) is 0 Å². The molecule has 3 rings (SSSR count). The predicted octanol–water partition coefficient (Wildman–Crippen LogP) is 3.47. The number of carbonyl (C=O) groups excluding carboxylic acids is 1. The van der Waals surface area contributed by atoms with E-state index in [0.717, 1.165) is 10.9 Å². The van der Waals surface area contributed by atoms with Crippen LogP contribution >= 0.6 is 11.6 Å². The van der Waals surface area contributed by atoms with Gasteiger partial charge in [-0.3, -0.25) is 4.79 Å². The molecule has 2 aromatic heterocycles. The number of nitrogens with one attached hydrogen (secondary N) is 2. The quantitative estimate of drug-likeness (QED) is 0.750. The molecule has 1 amide bonds. The first-order chi connectivity index (χ1) is 9.24. The van der Waals surface area contributed by atoms with E-state index in [1.165, 1.54) is 0 Å². The number of hydrogen-bond acceptors (Lipinski definition) is 2. The summed E-state index contributed by atoms with van der Waals surface area (Å²) >= 11 is 5.85. The van der Waals surface area contributed by atoms with Crippen LogP contribution in [0.4, 0.5) is 5.82 Å². The number of H-pyrrole nitrogens is 1. The molecular weight excluding hydrogens is 262 g/mol. The number of pyridine rings is 1. The zero-order valence-electron chi connectivity index (χ0n) is 9.85. The summed E-state index contributed by atoms with van der Waals surface area (Å²) in [5, 5.41) is 4.13. The SMILES string of the molecule is O=C(Nc1cc(Cl)ccn1)c1c[nH]c2ccccc12. The van der Waals surface area contributed by atoms with Gasteiger partial charge in [-0.05, 0) is 18.2 Å². The van der Waals surface area contributed by atoms with Crippen LogP contribution in [0.15, 0.2) is 48.8 Å². The maximum atomic E-state index is 12.2. The van der Waals surface area contributed by atoms with Crippen LogP contribution < -0.4 is 5.32 Å². The molecule has 0 bridgehead atoms. The number of amides is 1. The number of anilines is 1. The summed E-state index contributed by atoms with van der Waals surface area (Å²) in [6.45, 7) is 0. The molecule has 0 fully saturated rings. The van der Waals surface area contributed by atoms with E-state index in [4.69, 9.17) is 11.6 Å². The van der Waals surface area contributed by atoms with Crippen LogP contribution in [0.5, 0.6) is 0 Å². The van der Waals surface area contributed by atoms with Crippen molar-refractivity contribution < 1.29 is 4.79 Å². The van der Waals surface area contributed by atoms with Gasteiger partial charge in [-0.2, -0.15) is 0 Å². The molecule has 5 heteroatoms. The molecule has 4 nitrogen and oxygen atoms in total. The molecule has 0 saturated carbocycles. The standard InChI is InChI=1S/C14H10ClN3O/c15-9-5-6-16-13(7-9)18-14(19)11-8-17-12-4-2-1-3-10(11)12/h1-8,17H,(H,16,18,19). The molecule has 0 aliphatic heterocycles. The minimum absolute atomic E-state index is 0.216. The fourth-order valence-corrected chi connectivity index (χ4v) is 2.08. The van der Waals surface area contributed by atoms with E-state index < -0.39 is 0 Å². The summed E-state index contributed by atoms with van der Waals surface area (Å²) in [4.78, 5) is 19.3. The number of para-hydroxylation sites is 1. The highest BCUT2D eigenvalue weighted by Gasteiger charge is 2.12. The Morgan fingerprint density at radius 1 is 1.26 bits per heavy atom. The maximum absolute atomic E-state index is 12.2. The third-order valence-electron chi connectivity index (χ3n) is 2.80. The molecule has 0 radical (unpaired) electrons. The van der Waals surface area contributed by atoms with E-state index in [1.807, 2.05) is 24.3 Å². The van der Waals surface area contributed by atoms with Crippen LogP contribution in [0.3, 0.4) is 0 Å². The number of benzene rings is 1. The summed E-state index contributed by atoms with van der Waals surface area (Å²) < 4.78 is 0. The zero-order chi connectivity index (χ0) is 13.2. The first-order valence-electron chi connectivity index (χ1n) is 5.73. The molecule has 0 aliphatic rings. The van der Waals surface area contributed by atoms with Gasteiger partial charge in [0.1, 0.15) is 5.82 Å². The first-order valence-corrected chi connectivity index (χ1v) is 6.11. The molecule has 1 aromatic carbocycles. The van der Waals surface area contributed by atoms with E-state index >= 15 is 0 Å². The summed E-state index contributed by atoms with van der Waals surface area (Å²) in [5.41, 5.74) is 1.50. The Morgan fingerprint density at radius 3 is 2.95 bits per heavy atom. The van der Waals surface area contributed by atoms with Crippen LogP contribution in [-0.4, -0.2) is 15.9 Å². The van der Waals surface area contributed by atoms with Crippen molar-refractivity contribution in [2.24, 2.45) is 0 Å². The Morgan fingerprint density at radius 2 is 2.11 bits per heavy atom. The molecule has 0 unspecified atom stereocenters. The van der Waals surface area contributed by atoms with E-state index in [0.29, 0.717) is 16.4 Å². The molecule has 0 atom stereocenters. The van der Waals surface area contributed by atoms with Gasteiger partial charge in [0.25, 0.3) is 5.91 Å². The lowest BCUT2D eigenvalue weighted by molar-refractivity contribution is 0.102. The molecule has 19 heavy (non-hydrogen) atoms. The Balaban J connectivity index is 1.92. The Hall–Kier alpha value is -2.33. The van der Waals surface area contributed by atoms with Gasteiger partial charge in [-0.1, -0.05) is 29.8 Å². The summed E-state index contributed by atoms with van der Waals surface area (Å²) in [5.74, 6) is 0.218. The highest BCUT2D eigenvalue weighted by Crippen LogP contribution is 2.19. The van der Waals surface area contributed by atoms with Crippen LogP contribution in [0.1, 0.15) is 10.4 Å². The van der Waals surface area contributed by atoms with E-state index in [-0.39, 0.29) is 5.91 Å². The predicted molar refractivity (Wildman–Crippen MR) is 75.5 cm³/mol. The van der Waals surface area contributed by atoms with Crippen molar-refractivity contribution in [3.05, 3.63) is 59.4 Å². The number of halogens is 1. The van der Waals surface area contributed by atoms with Crippen LogP contribution in [0.25, 0.3) is 10.9 Å². The van der Waals surface area contributed by atoms with Gasteiger partial charge < -0.3 is 10.3 Å². The zero-order valence-corrected chi connectivity index (χ0v) is 10.6. The number of fused-ring (bicyclic) bond motifs is 1. The minimum Gasteiger partial charge on any atom is -0.360 e. The molecule has 2 heterocycles. The maximum Gasteiger partial charge on any atom is 0.258 e. The second kappa shape index (κ2) is 4.74. The second-order valence-electron chi connectivity index (χ2n) is 4.06. The van der Waals surface area contributed by atoms with Gasteiger partial charge in [0, 0.05) is 28.3 Å². The monoisotopic (exact) mass is 271 g/mol. The van der Waals surface area contributed by atoms with Crippen molar-refractivity contribution in [3.8, 4) is 0 Å². The highest BCUT2D eigenvalue weighted by molar-refractivity contribution is 6.30. The molecular formula is C14H10ClN3O. The topological polar surface area (TPSA) is 57.8 Å². The van der Waals surface area contributed by atoms with E-state index in [1.54, 1.807) is 24.5 Å². The number of nitrogens with zero attached hydrogens (tertiary/aromatic N) is 1. The third kappa shape index (κ3) is 2.30. The van der Waals surface area contributed by atoms with E-state index in [9.17, 15) is 4.79 Å². The summed E-state index contributed by atoms with van der Waals surface area (Å²) in [6, 6.07) is 10.9. The van der Waals surface area contributed by atoms with Gasteiger partial charge in [0.15, 0.2) is 0 Å². The van der Waals surface area contributed by atoms with Crippen molar-refractivity contribution in [1.29, 1.82) is 0 Å². The third-order valence-corrected chi connectivity index (χ3v) is 3.03. The van der Waals surface area contributed by atoms with Crippen molar-refractivity contribution in [3.63, 3.8) is 0 Å². The molecule has 0 saturated heterocycles. The number of rotatable bonds is 2. The molecule has 0 aliphatic carbocycles. The lowest BCUT2D eigenvalue weighted by Crippen LogP contribution is -2.12. The number of aromatic nitrogens is 2. The number of carbonyl (C=O) groups is 1. The molecule has 3 aromatic rings. The van der Waals surface area contributed by atoms with Crippen molar-refractivity contribution in [1.82, 2.24) is 9.97 Å². The smallest absolute Gasteiger partial charge is 0.258 e. The van der Waals surface area contributed by atoms with Crippen LogP contribution in [-0.2, 0) is 0 Å². The van der Waals surface area contributed by atoms with E-state index in [2.05, 4.69) is 15.3 Å². The largest absolute Gasteiger partial charge is 0.360 e. The summed E-state index contributed by atoms with van der Waals surface area (Å²) in [6.07, 6.45) is 3.23. The average molecular weight is 272 g/mol. The number of aromatic amines is 1. The normalized spacial score (nSPS) is 10.6. The second-order valence-corrected chi connectivity index (χ2v) is 4.50. The molecule has 94 valence electrons. The average Bonchev–Trinajstić information content (AvgIpc) is 2.82. The highest BCUT2D eigenvalue weighted by atomic mass is 35.5. The fraction of sp³-hybridized carbons (Fsp3) is 0. The van der Waals surface area contributed by atoms with Crippen LogP contribution in [0, 0.1) is 0 Å². The lowest BCUT2D eigenvalue weighted by atomic mass is 10.1. The fourth-order valence-electron chi connectivity index (χ4n) is 1.92. The number of hydrogen-bond donors (Lipinski definition) is 2. The summed E-state index contributed by atoms with van der Waals surface area (Å²) in [7, 11) is 0. The Kier molecular flexibility index (Phi) is 2.93. The first kappa shape index (κ1) is 11.7.